The lowest BCUT2D eigenvalue weighted by Gasteiger charge is -2.05. The Kier molecular flexibility index (Phi) is 11.5. The van der Waals surface area contributed by atoms with Gasteiger partial charge in [0.15, 0.2) is 5.65 Å². The molecule has 3 heterocycles. The highest BCUT2D eigenvalue weighted by Gasteiger charge is 2.38. The molecule has 0 atom stereocenters. The number of aliphatic carboxylic acids is 2. The number of pyridine rings is 1. The highest BCUT2D eigenvalue weighted by atomic mass is 79.9. The molecule has 42 heavy (non-hydrogen) atoms. The van der Waals surface area contributed by atoms with E-state index in [4.69, 9.17) is 29.0 Å². The first-order valence-corrected chi connectivity index (χ1v) is 11.9. The van der Waals surface area contributed by atoms with Gasteiger partial charge in [-0.2, -0.15) is 26.3 Å². The lowest BCUT2D eigenvalue weighted by molar-refractivity contribution is -0.193. The number of carbonyl (C=O) groups excluding carboxylic acids is 1. The third-order valence-corrected chi connectivity index (χ3v) is 4.98. The SMILES string of the molecule is CC(=O)OCc1ccc(CNc2ccc(-c3nc4cc(Br)cnc4[nH]3)cc2)o1.O=C(O)C(F)(F)F.O=C(O)C(F)(F)F. The summed E-state index contributed by atoms with van der Waals surface area (Å²) >= 11 is 3.41. The summed E-state index contributed by atoms with van der Waals surface area (Å²) in [7, 11) is 0. The first-order chi connectivity index (χ1) is 19.5. The lowest BCUT2D eigenvalue weighted by atomic mass is 10.2. The first-order valence-electron chi connectivity index (χ1n) is 11.1. The molecule has 0 saturated heterocycles. The Labute approximate surface area is 239 Å². The van der Waals surface area contributed by atoms with Gasteiger partial charge in [-0.25, -0.2) is 19.6 Å². The molecule has 0 spiro atoms. The zero-order chi connectivity index (χ0) is 31.7. The molecule has 11 nitrogen and oxygen atoms in total. The zero-order valence-corrected chi connectivity index (χ0v) is 22.6. The van der Waals surface area contributed by atoms with Crippen LogP contribution in [0.25, 0.3) is 22.6 Å². The number of esters is 1. The maximum Gasteiger partial charge on any atom is 0.490 e. The smallest absolute Gasteiger partial charge is 0.475 e. The fourth-order valence-corrected chi connectivity index (χ4v) is 3.03. The van der Waals surface area contributed by atoms with Crippen LogP contribution in [-0.4, -0.2) is 55.4 Å². The Hall–Kier alpha value is -4.61. The van der Waals surface area contributed by atoms with Crippen molar-refractivity contribution < 1.29 is 60.1 Å². The molecule has 0 aliphatic rings. The number of aromatic nitrogens is 3. The summed E-state index contributed by atoms with van der Waals surface area (Å²) in [5, 5.41) is 17.6. The molecule has 0 saturated carbocycles. The molecule has 0 radical (unpaired) electrons. The van der Waals surface area contributed by atoms with Crippen molar-refractivity contribution in [1.29, 1.82) is 0 Å². The van der Waals surface area contributed by atoms with Crippen LogP contribution in [0.2, 0.25) is 0 Å². The van der Waals surface area contributed by atoms with E-state index < -0.39 is 24.3 Å². The standard InChI is InChI=1S/C20H17BrN4O3.2C2HF3O2/c1-12(26)27-11-17-7-6-16(28-17)10-22-15-4-2-13(3-5-15)19-24-18-8-14(21)9-23-20(18)25-19;2*3-2(4,5)1(6)7/h2-9,22H,10-11H2,1H3,(H,23,24,25);2*(H,6,7). The topological polar surface area (TPSA) is 168 Å². The molecular formula is C24H19BrF6N4O7. The van der Waals surface area contributed by atoms with E-state index in [0.717, 1.165) is 38.5 Å². The van der Waals surface area contributed by atoms with Gasteiger partial charge in [-0.05, 0) is 58.4 Å². The summed E-state index contributed by atoms with van der Waals surface area (Å²) in [6.07, 6.45) is -8.43. The van der Waals surface area contributed by atoms with Gasteiger partial charge < -0.3 is 29.7 Å². The van der Waals surface area contributed by atoms with E-state index in [1.807, 2.05) is 36.4 Å². The van der Waals surface area contributed by atoms with Crippen molar-refractivity contribution >= 4 is 50.7 Å². The van der Waals surface area contributed by atoms with Crippen molar-refractivity contribution in [3.05, 3.63) is 64.7 Å². The van der Waals surface area contributed by atoms with Gasteiger partial charge in [0.2, 0.25) is 0 Å². The second-order valence-corrected chi connectivity index (χ2v) is 8.71. The second kappa shape index (κ2) is 14.3. The molecule has 0 unspecified atom stereocenters. The van der Waals surface area contributed by atoms with Crippen LogP contribution >= 0.6 is 15.9 Å². The fourth-order valence-electron chi connectivity index (χ4n) is 2.71. The monoisotopic (exact) mass is 668 g/mol. The average Bonchev–Trinajstić information content (AvgIpc) is 3.53. The molecular weight excluding hydrogens is 650 g/mol. The number of imidazole rings is 1. The number of hydrogen-bond acceptors (Lipinski definition) is 8. The largest absolute Gasteiger partial charge is 0.490 e. The van der Waals surface area contributed by atoms with Crippen LogP contribution in [-0.2, 0) is 32.3 Å². The van der Waals surface area contributed by atoms with Crippen LogP contribution in [0.5, 0.6) is 0 Å². The number of benzene rings is 1. The molecule has 0 aliphatic carbocycles. The highest BCUT2D eigenvalue weighted by Crippen LogP contribution is 2.23. The van der Waals surface area contributed by atoms with Gasteiger partial charge in [0.25, 0.3) is 0 Å². The molecule has 4 aromatic rings. The minimum absolute atomic E-state index is 0.146. The number of H-pyrrole nitrogens is 1. The lowest BCUT2D eigenvalue weighted by Crippen LogP contribution is -2.21. The maximum atomic E-state index is 10.8. The molecule has 0 aliphatic heterocycles. The van der Waals surface area contributed by atoms with E-state index in [1.165, 1.54) is 6.92 Å². The molecule has 1 aromatic carbocycles. The predicted octanol–water partition coefficient (Wildman–Crippen LogP) is 5.92. The summed E-state index contributed by atoms with van der Waals surface area (Å²) in [5.74, 6) is -3.69. The Balaban J connectivity index is 0.000000367. The first kappa shape index (κ1) is 33.6. The normalized spacial score (nSPS) is 11.0. The number of fused-ring (bicyclic) bond motifs is 1. The summed E-state index contributed by atoms with van der Waals surface area (Å²) in [6.45, 7) is 2.05. The van der Waals surface area contributed by atoms with Gasteiger partial charge >= 0.3 is 30.3 Å². The van der Waals surface area contributed by atoms with E-state index in [0.29, 0.717) is 12.3 Å². The molecule has 0 bridgehead atoms. The third kappa shape index (κ3) is 11.1. The Morgan fingerprint density at radius 2 is 1.52 bits per heavy atom. The average molecular weight is 669 g/mol. The van der Waals surface area contributed by atoms with Crippen LogP contribution in [0.15, 0.2) is 57.6 Å². The summed E-state index contributed by atoms with van der Waals surface area (Å²) in [6, 6.07) is 13.5. The summed E-state index contributed by atoms with van der Waals surface area (Å²) in [5.41, 5.74) is 3.50. The minimum Gasteiger partial charge on any atom is -0.475 e. The number of aromatic amines is 1. The van der Waals surface area contributed by atoms with Crippen LogP contribution in [0.3, 0.4) is 0 Å². The van der Waals surface area contributed by atoms with Gasteiger partial charge in [0.1, 0.15) is 29.5 Å². The molecule has 3 aromatic heterocycles. The van der Waals surface area contributed by atoms with Crippen LogP contribution in [0.1, 0.15) is 18.4 Å². The number of carbonyl (C=O) groups is 3. The minimum atomic E-state index is -5.08. The van der Waals surface area contributed by atoms with Gasteiger partial charge in [0.05, 0.1) is 6.54 Å². The van der Waals surface area contributed by atoms with E-state index in [2.05, 4.69) is 36.2 Å². The van der Waals surface area contributed by atoms with Gasteiger partial charge in [-0.1, -0.05) is 0 Å². The van der Waals surface area contributed by atoms with Crippen molar-refractivity contribution in [3.63, 3.8) is 0 Å². The molecule has 18 heteroatoms. The number of alkyl halides is 6. The molecule has 4 rings (SSSR count). The number of ether oxygens (including phenoxy) is 1. The second-order valence-electron chi connectivity index (χ2n) is 7.79. The van der Waals surface area contributed by atoms with Gasteiger partial charge in [-0.15, -0.1) is 0 Å². The zero-order valence-electron chi connectivity index (χ0n) is 21.0. The number of carboxylic acid groups (broad SMARTS) is 2. The number of nitrogens with zero attached hydrogens (tertiary/aromatic N) is 2. The van der Waals surface area contributed by atoms with Gasteiger partial charge in [0, 0.05) is 28.8 Å². The van der Waals surface area contributed by atoms with E-state index in [1.54, 1.807) is 12.3 Å². The number of anilines is 1. The predicted molar refractivity (Wildman–Crippen MR) is 136 cm³/mol. The number of rotatable bonds is 6. The number of carboxylic acids is 2. The fraction of sp³-hybridized carbons (Fsp3) is 0.208. The molecule has 4 N–H and O–H groups in total. The van der Waals surface area contributed by atoms with E-state index in [9.17, 15) is 31.1 Å². The quantitative estimate of drug-likeness (QED) is 0.143. The Morgan fingerprint density at radius 3 is 2.05 bits per heavy atom. The van der Waals surface area contributed by atoms with Crippen molar-refractivity contribution in [2.24, 2.45) is 0 Å². The number of hydrogen-bond donors (Lipinski definition) is 4. The highest BCUT2D eigenvalue weighted by molar-refractivity contribution is 9.10. The Bertz CT molecular complexity index is 1490. The van der Waals surface area contributed by atoms with E-state index in [-0.39, 0.29) is 12.6 Å². The van der Waals surface area contributed by atoms with Crippen LogP contribution < -0.4 is 5.32 Å². The molecule has 0 fully saturated rings. The number of nitrogens with one attached hydrogen (secondary N) is 2. The third-order valence-electron chi connectivity index (χ3n) is 4.55. The van der Waals surface area contributed by atoms with Crippen LogP contribution in [0, 0.1) is 0 Å². The number of halogens is 7. The van der Waals surface area contributed by atoms with Crippen LogP contribution in [0.4, 0.5) is 32.0 Å². The van der Waals surface area contributed by atoms with Gasteiger partial charge in [-0.3, -0.25) is 4.79 Å². The summed E-state index contributed by atoms with van der Waals surface area (Å²) < 4.78 is 74.9. The maximum absolute atomic E-state index is 10.8. The van der Waals surface area contributed by atoms with E-state index >= 15 is 0 Å². The van der Waals surface area contributed by atoms with Crippen molar-refractivity contribution in [3.8, 4) is 11.4 Å². The van der Waals surface area contributed by atoms with Crippen molar-refractivity contribution in [2.75, 3.05) is 5.32 Å². The van der Waals surface area contributed by atoms with Crippen molar-refractivity contribution in [2.45, 2.75) is 32.4 Å². The summed E-state index contributed by atoms with van der Waals surface area (Å²) in [4.78, 5) is 40.8. The number of furan rings is 1. The van der Waals surface area contributed by atoms with Crippen molar-refractivity contribution in [1.82, 2.24) is 15.0 Å². The molecule has 226 valence electrons. The Morgan fingerprint density at radius 1 is 0.976 bits per heavy atom. The molecule has 0 amide bonds.